The summed E-state index contributed by atoms with van der Waals surface area (Å²) in [5.74, 6) is 0. The Bertz CT molecular complexity index is 1550. The fourth-order valence-corrected chi connectivity index (χ4v) is 4.99. The Kier molecular flexibility index (Phi) is 5.10. The first-order chi connectivity index (χ1) is 16.8. The van der Waals surface area contributed by atoms with Crippen LogP contribution in [0.3, 0.4) is 0 Å². The van der Waals surface area contributed by atoms with Crippen molar-refractivity contribution in [2.45, 2.75) is 38.9 Å². The molecule has 0 N–H and O–H groups in total. The predicted octanol–water partition coefficient (Wildman–Crippen LogP) is 7.63. The molecule has 0 spiro atoms. The number of benzene rings is 5. The van der Waals surface area contributed by atoms with Gasteiger partial charge in [-0.05, 0) is 83.0 Å². The lowest BCUT2D eigenvalue weighted by molar-refractivity contribution is 0.00578. The molecular formula is C32H29BO2. The zero-order chi connectivity index (χ0) is 24.2. The molecule has 3 heteroatoms. The molecule has 0 aromatic heterocycles. The van der Waals surface area contributed by atoms with Crippen molar-refractivity contribution in [1.82, 2.24) is 0 Å². The van der Waals surface area contributed by atoms with Crippen LogP contribution in [0.2, 0.25) is 0 Å². The zero-order valence-electron chi connectivity index (χ0n) is 20.7. The van der Waals surface area contributed by atoms with Gasteiger partial charge in [-0.2, -0.15) is 0 Å². The van der Waals surface area contributed by atoms with Crippen LogP contribution in [0, 0.1) is 0 Å². The van der Waals surface area contributed by atoms with Crippen LogP contribution < -0.4 is 5.46 Å². The minimum absolute atomic E-state index is 0.345. The highest BCUT2D eigenvalue weighted by molar-refractivity contribution is 6.62. The van der Waals surface area contributed by atoms with Gasteiger partial charge in [-0.3, -0.25) is 0 Å². The first-order valence-electron chi connectivity index (χ1n) is 12.3. The van der Waals surface area contributed by atoms with Crippen molar-refractivity contribution >= 4 is 34.1 Å². The van der Waals surface area contributed by atoms with Crippen molar-refractivity contribution in [3.8, 4) is 22.3 Å². The Hall–Kier alpha value is -3.40. The summed E-state index contributed by atoms with van der Waals surface area (Å²) in [5, 5.41) is 4.92. The van der Waals surface area contributed by atoms with E-state index in [1.807, 2.05) is 0 Å². The molecule has 1 aliphatic rings. The summed E-state index contributed by atoms with van der Waals surface area (Å²) >= 11 is 0. The van der Waals surface area contributed by atoms with Crippen LogP contribution in [0.25, 0.3) is 43.8 Å². The normalized spacial score (nSPS) is 16.7. The molecule has 0 bridgehead atoms. The molecule has 0 atom stereocenters. The fraction of sp³-hybridized carbons (Fsp3) is 0.188. The maximum atomic E-state index is 6.27. The number of rotatable bonds is 3. The average Bonchev–Trinajstić information content (AvgIpc) is 3.09. The second-order valence-corrected chi connectivity index (χ2v) is 10.5. The van der Waals surface area contributed by atoms with E-state index in [-0.39, 0.29) is 18.3 Å². The Morgan fingerprint density at radius 1 is 0.514 bits per heavy atom. The van der Waals surface area contributed by atoms with Gasteiger partial charge in [-0.1, -0.05) is 97.1 Å². The lowest BCUT2D eigenvalue weighted by atomic mass is 9.78. The van der Waals surface area contributed by atoms with Gasteiger partial charge in [0.1, 0.15) is 0 Å². The van der Waals surface area contributed by atoms with Crippen molar-refractivity contribution < 1.29 is 9.31 Å². The first kappa shape index (κ1) is 22.1. The molecule has 2 nitrogen and oxygen atoms in total. The molecule has 0 radical (unpaired) electrons. The van der Waals surface area contributed by atoms with Gasteiger partial charge >= 0.3 is 7.12 Å². The number of hydrogen-bond donors (Lipinski definition) is 0. The summed E-state index contributed by atoms with van der Waals surface area (Å²) in [6.45, 7) is 8.36. The smallest absolute Gasteiger partial charge is 0.399 e. The quantitative estimate of drug-likeness (QED) is 0.260. The summed E-state index contributed by atoms with van der Waals surface area (Å²) in [6.07, 6.45) is 0. The first-order valence-corrected chi connectivity index (χ1v) is 12.3. The molecule has 172 valence electrons. The second-order valence-electron chi connectivity index (χ2n) is 10.5. The highest BCUT2D eigenvalue weighted by atomic mass is 16.7. The van der Waals surface area contributed by atoms with E-state index in [0.29, 0.717) is 0 Å². The molecule has 5 aromatic rings. The zero-order valence-corrected chi connectivity index (χ0v) is 20.7. The van der Waals surface area contributed by atoms with Crippen LogP contribution in [0.4, 0.5) is 0 Å². The summed E-state index contributed by atoms with van der Waals surface area (Å²) < 4.78 is 12.5. The topological polar surface area (TPSA) is 18.5 Å². The van der Waals surface area contributed by atoms with Crippen LogP contribution in [0.1, 0.15) is 27.7 Å². The summed E-state index contributed by atoms with van der Waals surface area (Å²) in [4.78, 5) is 0. The molecule has 5 aromatic carbocycles. The summed E-state index contributed by atoms with van der Waals surface area (Å²) in [7, 11) is -0.351. The SMILES string of the molecule is CC1(C)OB(c2ccc3cc(-c4ccccc4-c4cccc5ccccc45)ccc3c2)OC1(C)C. The Morgan fingerprint density at radius 3 is 1.91 bits per heavy atom. The van der Waals surface area contributed by atoms with Crippen LogP contribution in [0.15, 0.2) is 103 Å². The van der Waals surface area contributed by atoms with E-state index in [9.17, 15) is 0 Å². The van der Waals surface area contributed by atoms with E-state index in [1.165, 1.54) is 43.8 Å². The van der Waals surface area contributed by atoms with Crippen molar-refractivity contribution in [1.29, 1.82) is 0 Å². The lowest BCUT2D eigenvalue weighted by Gasteiger charge is -2.32. The number of fused-ring (bicyclic) bond motifs is 2. The van der Waals surface area contributed by atoms with Crippen molar-refractivity contribution in [2.24, 2.45) is 0 Å². The van der Waals surface area contributed by atoms with Gasteiger partial charge in [0.15, 0.2) is 0 Å². The molecule has 1 saturated heterocycles. The van der Waals surface area contributed by atoms with Gasteiger partial charge < -0.3 is 9.31 Å². The van der Waals surface area contributed by atoms with Crippen molar-refractivity contribution in [3.05, 3.63) is 103 Å². The monoisotopic (exact) mass is 456 g/mol. The van der Waals surface area contributed by atoms with E-state index in [0.717, 1.165) is 5.46 Å². The van der Waals surface area contributed by atoms with Crippen LogP contribution in [-0.2, 0) is 9.31 Å². The molecule has 0 amide bonds. The Balaban J connectivity index is 1.41. The maximum Gasteiger partial charge on any atom is 0.494 e. The van der Waals surface area contributed by atoms with Crippen LogP contribution in [-0.4, -0.2) is 18.3 Å². The van der Waals surface area contributed by atoms with E-state index < -0.39 is 0 Å². The molecule has 1 fully saturated rings. The molecule has 35 heavy (non-hydrogen) atoms. The van der Waals surface area contributed by atoms with E-state index in [1.54, 1.807) is 0 Å². The third kappa shape index (κ3) is 3.76. The third-order valence-electron chi connectivity index (χ3n) is 7.71. The molecule has 1 aliphatic heterocycles. The molecular weight excluding hydrogens is 427 g/mol. The lowest BCUT2D eigenvalue weighted by Crippen LogP contribution is -2.41. The summed E-state index contributed by atoms with van der Waals surface area (Å²) in [5.41, 5.74) is 5.32. The van der Waals surface area contributed by atoms with Crippen molar-refractivity contribution in [2.75, 3.05) is 0 Å². The average molecular weight is 456 g/mol. The van der Waals surface area contributed by atoms with Gasteiger partial charge in [0, 0.05) is 0 Å². The van der Waals surface area contributed by atoms with Gasteiger partial charge in [-0.25, -0.2) is 0 Å². The highest BCUT2D eigenvalue weighted by Gasteiger charge is 2.51. The minimum atomic E-state index is -0.351. The molecule has 0 aliphatic carbocycles. The van der Waals surface area contributed by atoms with Crippen LogP contribution >= 0.6 is 0 Å². The highest BCUT2D eigenvalue weighted by Crippen LogP contribution is 2.38. The molecule has 0 unspecified atom stereocenters. The standard InChI is InChI=1S/C32H29BO2/c1-31(2)32(3,4)35-33(34-31)26-19-18-23-20-25(17-16-24(23)21-26)28-13-7-8-14-29(28)30-15-9-11-22-10-5-6-12-27(22)30/h5-21H,1-4H3. The second kappa shape index (κ2) is 8.08. The van der Waals surface area contributed by atoms with Crippen molar-refractivity contribution in [3.63, 3.8) is 0 Å². The van der Waals surface area contributed by atoms with Gasteiger partial charge in [-0.15, -0.1) is 0 Å². The molecule has 6 rings (SSSR count). The van der Waals surface area contributed by atoms with Gasteiger partial charge in [0.25, 0.3) is 0 Å². The van der Waals surface area contributed by atoms with E-state index >= 15 is 0 Å². The maximum absolute atomic E-state index is 6.27. The Labute approximate surface area is 207 Å². The van der Waals surface area contributed by atoms with E-state index in [4.69, 9.17) is 9.31 Å². The van der Waals surface area contributed by atoms with Crippen LogP contribution in [0.5, 0.6) is 0 Å². The van der Waals surface area contributed by atoms with Gasteiger partial charge in [0.2, 0.25) is 0 Å². The predicted molar refractivity (Wildman–Crippen MR) is 148 cm³/mol. The minimum Gasteiger partial charge on any atom is -0.399 e. The van der Waals surface area contributed by atoms with Gasteiger partial charge in [0.05, 0.1) is 11.2 Å². The third-order valence-corrected chi connectivity index (χ3v) is 7.71. The summed E-state index contributed by atoms with van der Waals surface area (Å²) in [6, 6.07) is 37.0. The largest absolute Gasteiger partial charge is 0.494 e. The Morgan fingerprint density at radius 2 is 1.11 bits per heavy atom. The van der Waals surface area contributed by atoms with E-state index in [2.05, 4.69) is 131 Å². The molecule has 1 heterocycles. The molecule has 0 saturated carbocycles. The number of hydrogen-bond acceptors (Lipinski definition) is 2. The fourth-order valence-electron chi connectivity index (χ4n) is 4.99.